The molecule has 0 aliphatic carbocycles. The molecule has 2 N–H and O–H groups in total. The predicted molar refractivity (Wildman–Crippen MR) is 87.5 cm³/mol. The first-order chi connectivity index (χ1) is 11.6. The molecule has 3 rings (SSSR count). The molecule has 1 amide bonds. The van der Waals surface area contributed by atoms with Crippen LogP contribution in [0.1, 0.15) is 5.56 Å². The normalized spacial score (nSPS) is 10.4. The second-order valence-corrected chi connectivity index (χ2v) is 4.96. The van der Waals surface area contributed by atoms with Gasteiger partial charge in [0.25, 0.3) is 0 Å². The fraction of sp³-hybridized carbons (Fsp3) is 0.125. The van der Waals surface area contributed by atoms with Gasteiger partial charge in [0, 0.05) is 23.5 Å². The zero-order valence-corrected chi connectivity index (χ0v) is 13.1. The summed E-state index contributed by atoms with van der Waals surface area (Å²) in [4.78, 5) is 19.3. The number of carbonyl (C=O) groups is 1. The summed E-state index contributed by atoms with van der Waals surface area (Å²) < 4.78 is 6.49. The summed E-state index contributed by atoms with van der Waals surface area (Å²) in [5, 5.41) is 16.1. The summed E-state index contributed by atoms with van der Waals surface area (Å²) in [5.74, 6) is 0.375. The Morgan fingerprint density at radius 2 is 1.88 bits per heavy atom. The fourth-order valence-corrected chi connectivity index (χ4v) is 2.32. The second kappa shape index (κ2) is 6.37. The molecule has 0 aliphatic rings. The van der Waals surface area contributed by atoms with E-state index in [4.69, 9.17) is 9.84 Å². The number of methoxy groups -OCH3 is 1. The Bertz CT molecular complexity index is 859. The first kappa shape index (κ1) is 15.5. The molecule has 0 bridgehead atoms. The highest BCUT2D eigenvalue weighted by atomic mass is 16.5. The maximum absolute atomic E-state index is 11.1. The molecular formula is C16H15N5O3. The van der Waals surface area contributed by atoms with Crippen molar-refractivity contribution >= 4 is 11.9 Å². The number of rotatable bonds is 4. The number of para-hydroxylation sites is 1. The van der Waals surface area contributed by atoms with Gasteiger partial charge in [0.1, 0.15) is 11.5 Å². The smallest absolute Gasteiger partial charge is 0.410 e. The minimum atomic E-state index is -1.16. The maximum Gasteiger partial charge on any atom is 0.410 e. The Balaban J connectivity index is 2.13. The molecular weight excluding hydrogens is 310 g/mol. The minimum absolute atomic E-state index is 0.253. The van der Waals surface area contributed by atoms with Crippen LogP contribution in [-0.4, -0.2) is 38.1 Å². The SMILES string of the molecule is COc1ncc(-c2nn(-c3ccccc3)c(NC(=O)O)c2C)cn1. The Morgan fingerprint density at radius 3 is 2.46 bits per heavy atom. The largest absolute Gasteiger partial charge is 0.467 e. The summed E-state index contributed by atoms with van der Waals surface area (Å²) in [5.41, 5.74) is 2.67. The molecule has 0 aliphatic heterocycles. The molecule has 0 radical (unpaired) electrons. The molecule has 0 atom stereocenters. The molecule has 0 spiro atoms. The van der Waals surface area contributed by atoms with Crippen molar-refractivity contribution in [2.24, 2.45) is 0 Å². The quantitative estimate of drug-likeness (QED) is 0.764. The molecule has 8 heteroatoms. The zero-order chi connectivity index (χ0) is 17.1. The van der Waals surface area contributed by atoms with Crippen molar-refractivity contribution in [1.29, 1.82) is 0 Å². The number of nitrogens with one attached hydrogen (secondary N) is 1. The molecule has 122 valence electrons. The summed E-state index contributed by atoms with van der Waals surface area (Å²) in [6, 6.07) is 9.52. The lowest BCUT2D eigenvalue weighted by Gasteiger charge is -2.07. The number of anilines is 1. The third-order valence-electron chi connectivity index (χ3n) is 3.43. The fourth-order valence-electron chi connectivity index (χ4n) is 2.32. The monoisotopic (exact) mass is 325 g/mol. The van der Waals surface area contributed by atoms with Crippen LogP contribution in [-0.2, 0) is 0 Å². The van der Waals surface area contributed by atoms with E-state index in [0.717, 1.165) is 5.69 Å². The average Bonchev–Trinajstić information content (AvgIpc) is 2.92. The molecule has 0 saturated carbocycles. The van der Waals surface area contributed by atoms with Crippen LogP contribution in [0.3, 0.4) is 0 Å². The van der Waals surface area contributed by atoms with Crippen molar-refractivity contribution in [3.05, 3.63) is 48.3 Å². The van der Waals surface area contributed by atoms with Crippen molar-refractivity contribution in [3.63, 3.8) is 0 Å². The Kier molecular flexibility index (Phi) is 4.11. The van der Waals surface area contributed by atoms with Crippen LogP contribution in [0, 0.1) is 6.92 Å². The van der Waals surface area contributed by atoms with Crippen molar-refractivity contribution in [1.82, 2.24) is 19.7 Å². The van der Waals surface area contributed by atoms with Gasteiger partial charge >= 0.3 is 12.1 Å². The molecule has 1 aromatic carbocycles. The van der Waals surface area contributed by atoms with Crippen LogP contribution in [0.15, 0.2) is 42.7 Å². The van der Waals surface area contributed by atoms with Crippen LogP contribution >= 0.6 is 0 Å². The van der Waals surface area contributed by atoms with Crippen molar-refractivity contribution in [3.8, 4) is 23.0 Å². The highest BCUT2D eigenvalue weighted by molar-refractivity contribution is 5.85. The predicted octanol–water partition coefficient (Wildman–Crippen LogP) is 2.74. The molecule has 8 nitrogen and oxygen atoms in total. The van der Waals surface area contributed by atoms with E-state index in [0.29, 0.717) is 22.6 Å². The second-order valence-electron chi connectivity index (χ2n) is 4.96. The highest BCUT2D eigenvalue weighted by Gasteiger charge is 2.19. The Labute approximate surface area is 137 Å². The van der Waals surface area contributed by atoms with Crippen molar-refractivity contribution in [2.45, 2.75) is 6.92 Å². The number of benzene rings is 1. The Morgan fingerprint density at radius 1 is 1.21 bits per heavy atom. The van der Waals surface area contributed by atoms with Crippen molar-refractivity contribution in [2.75, 3.05) is 12.4 Å². The average molecular weight is 325 g/mol. The molecule has 0 saturated heterocycles. The number of hydrogen-bond acceptors (Lipinski definition) is 5. The van der Waals surface area contributed by atoms with Gasteiger partial charge in [-0.15, -0.1) is 0 Å². The van der Waals surface area contributed by atoms with E-state index in [1.54, 1.807) is 24.0 Å². The van der Waals surface area contributed by atoms with Gasteiger partial charge in [-0.2, -0.15) is 5.10 Å². The molecule has 2 aromatic heterocycles. The van der Waals surface area contributed by atoms with Crippen LogP contribution < -0.4 is 10.1 Å². The standard InChI is InChI=1S/C16H15N5O3/c1-10-13(11-8-17-15(24-2)18-9-11)20-21(14(10)19-16(22)23)12-6-4-3-5-7-12/h3-9,19H,1-2H3,(H,22,23). The highest BCUT2D eigenvalue weighted by Crippen LogP contribution is 2.30. The molecule has 2 heterocycles. The lowest BCUT2D eigenvalue weighted by atomic mass is 10.1. The van der Waals surface area contributed by atoms with Crippen LogP contribution in [0.2, 0.25) is 0 Å². The van der Waals surface area contributed by atoms with Gasteiger partial charge in [-0.1, -0.05) is 18.2 Å². The van der Waals surface area contributed by atoms with Gasteiger partial charge in [-0.3, -0.25) is 5.32 Å². The van der Waals surface area contributed by atoms with Gasteiger partial charge in [0.15, 0.2) is 0 Å². The van der Waals surface area contributed by atoms with E-state index in [1.165, 1.54) is 7.11 Å². The molecule has 0 unspecified atom stereocenters. The van der Waals surface area contributed by atoms with Gasteiger partial charge < -0.3 is 9.84 Å². The van der Waals surface area contributed by atoms with Crippen molar-refractivity contribution < 1.29 is 14.6 Å². The van der Waals surface area contributed by atoms with E-state index < -0.39 is 6.09 Å². The third-order valence-corrected chi connectivity index (χ3v) is 3.43. The molecule has 3 aromatic rings. The first-order valence-electron chi connectivity index (χ1n) is 7.11. The number of hydrogen-bond donors (Lipinski definition) is 2. The first-order valence-corrected chi connectivity index (χ1v) is 7.11. The molecule has 0 fully saturated rings. The summed E-state index contributed by atoms with van der Waals surface area (Å²) in [6.07, 6.45) is 2.01. The third kappa shape index (κ3) is 2.89. The van der Waals surface area contributed by atoms with E-state index in [1.807, 2.05) is 30.3 Å². The number of carboxylic acid groups (broad SMARTS) is 1. The number of amides is 1. The topological polar surface area (TPSA) is 102 Å². The summed E-state index contributed by atoms with van der Waals surface area (Å²) in [6.45, 7) is 1.79. The lowest BCUT2D eigenvalue weighted by molar-refractivity contribution is 0.209. The van der Waals surface area contributed by atoms with Gasteiger partial charge in [0.05, 0.1) is 12.8 Å². The van der Waals surface area contributed by atoms with Gasteiger partial charge in [0.2, 0.25) is 0 Å². The van der Waals surface area contributed by atoms with Gasteiger partial charge in [-0.25, -0.2) is 19.4 Å². The maximum atomic E-state index is 11.1. The molecule has 24 heavy (non-hydrogen) atoms. The summed E-state index contributed by atoms with van der Waals surface area (Å²) >= 11 is 0. The van der Waals surface area contributed by atoms with Crippen LogP contribution in [0.5, 0.6) is 6.01 Å². The number of aromatic nitrogens is 4. The minimum Gasteiger partial charge on any atom is -0.467 e. The number of nitrogens with zero attached hydrogens (tertiary/aromatic N) is 4. The number of ether oxygens (including phenoxy) is 1. The van der Waals surface area contributed by atoms with E-state index in [2.05, 4.69) is 20.4 Å². The zero-order valence-electron chi connectivity index (χ0n) is 13.1. The van der Waals surface area contributed by atoms with Gasteiger partial charge in [-0.05, 0) is 19.1 Å². The van der Waals surface area contributed by atoms with Crippen LogP contribution in [0.25, 0.3) is 16.9 Å². The summed E-state index contributed by atoms with van der Waals surface area (Å²) in [7, 11) is 1.49. The van der Waals surface area contributed by atoms with E-state index >= 15 is 0 Å². The van der Waals surface area contributed by atoms with E-state index in [-0.39, 0.29) is 6.01 Å². The lowest BCUT2D eigenvalue weighted by Crippen LogP contribution is -2.12. The van der Waals surface area contributed by atoms with Crippen LogP contribution in [0.4, 0.5) is 10.6 Å². The Hall–Kier alpha value is -3.42. The van der Waals surface area contributed by atoms with E-state index in [9.17, 15) is 4.79 Å².